The van der Waals surface area contributed by atoms with E-state index in [2.05, 4.69) is 14.8 Å². The number of rotatable bonds is 7. The molecular formula is C19H27N5O3S. The third kappa shape index (κ3) is 4.25. The second kappa shape index (κ2) is 8.40. The Bertz CT molecular complexity index is 954. The van der Waals surface area contributed by atoms with E-state index in [9.17, 15) is 13.2 Å². The van der Waals surface area contributed by atoms with Gasteiger partial charge in [0.1, 0.15) is 11.6 Å². The SMILES string of the molecule is CCCCN(C)C(=O)c1ccccc1S(=O)(=O)N[C@H]1CCCn2nc(C)nc21. The first-order valence-corrected chi connectivity index (χ1v) is 11.1. The quantitative estimate of drug-likeness (QED) is 0.762. The number of benzene rings is 1. The van der Waals surface area contributed by atoms with Crippen molar-refractivity contribution in [3.8, 4) is 0 Å². The maximum Gasteiger partial charge on any atom is 0.254 e. The first-order valence-electron chi connectivity index (χ1n) is 9.61. The Balaban J connectivity index is 1.88. The Labute approximate surface area is 166 Å². The molecule has 0 radical (unpaired) electrons. The first-order chi connectivity index (χ1) is 13.3. The highest BCUT2D eigenvalue weighted by molar-refractivity contribution is 7.89. The average Bonchev–Trinajstić information content (AvgIpc) is 3.06. The van der Waals surface area contributed by atoms with Gasteiger partial charge < -0.3 is 4.90 Å². The highest BCUT2D eigenvalue weighted by Crippen LogP contribution is 2.26. The third-order valence-corrected chi connectivity index (χ3v) is 6.41. The standard InChI is InChI=1S/C19H27N5O3S/c1-4-5-12-23(3)19(25)15-9-6-7-11-17(15)28(26,27)22-16-10-8-13-24-18(16)20-14(2)21-24/h6-7,9,11,16,22H,4-5,8,10,12-13H2,1-3H3/t16-/m0/s1. The van der Waals surface area contributed by atoms with Crippen LogP contribution in [0.5, 0.6) is 0 Å². The van der Waals surface area contributed by atoms with Crippen molar-refractivity contribution in [2.24, 2.45) is 0 Å². The largest absolute Gasteiger partial charge is 0.342 e. The molecule has 3 rings (SSSR count). The number of carbonyl (C=O) groups excluding carboxylic acids is 1. The molecule has 2 heterocycles. The molecule has 0 saturated carbocycles. The van der Waals surface area contributed by atoms with E-state index in [1.54, 1.807) is 41.8 Å². The predicted octanol–water partition coefficient (Wildman–Crippen LogP) is 2.27. The molecule has 1 amide bonds. The molecule has 9 heteroatoms. The fraction of sp³-hybridized carbons (Fsp3) is 0.526. The van der Waals surface area contributed by atoms with Crippen molar-refractivity contribution in [2.45, 2.75) is 57.0 Å². The molecule has 1 aliphatic rings. The van der Waals surface area contributed by atoms with Gasteiger partial charge in [-0.05, 0) is 38.3 Å². The molecule has 1 aromatic carbocycles. The number of nitrogens with one attached hydrogen (secondary N) is 1. The summed E-state index contributed by atoms with van der Waals surface area (Å²) in [6, 6.07) is 5.89. The summed E-state index contributed by atoms with van der Waals surface area (Å²) in [4.78, 5) is 18.8. The molecule has 152 valence electrons. The van der Waals surface area contributed by atoms with Gasteiger partial charge in [-0.25, -0.2) is 22.8 Å². The molecule has 0 unspecified atom stereocenters. The normalized spacial score (nSPS) is 16.6. The Morgan fingerprint density at radius 1 is 1.36 bits per heavy atom. The van der Waals surface area contributed by atoms with Gasteiger partial charge in [0.15, 0.2) is 0 Å². The lowest BCUT2D eigenvalue weighted by atomic mass is 10.1. The molecule has 1 N–H and O–H groups in total. The molecule has 1 aliphatic heterocycles. The lowest BCUT2D eigenvalue weighted by Crippen LogP contribution is -2.35. The Hall–Kier alpha value is -2.26. The Morgan fingerprint density at radius 3 is 2.86 bits per heavy atom. The van der Waals surface area contributed by atoms with E-state index in [4.69, 9.17) is 0 Å². The Morgan fingerprint density at radius 2 is 2.11 bits per heavy atom. The number of aromatic nitrogens is 3. The van der Waals surface area contributed by atoms with Crippen LogP contribution in [0.2, 0.25) is 0 Å². The number of hydrogen-bond acceptors (Lipinski definition) is 5. The second-order valence-electron chi connectivity index (χ2n) is 7.13. The number of amides is 1. The van der Waals surface area contributed by atoms with Gasteiger partial charge >= 0.3 is 0 Å². The van der Waals surface area contributed by atoms with Gasteiger partial charge in [-0.1, -0.05) is 25.5 Å². The van der Waals surface area contributed by atoms with Gasteiger partial charge in [-0.15, -0.1) is 0 Å². The van der Waals surface area contributed by atoms with Crippen LogP contribution >= 0.6 is 0 Å². The zero-order valence-electron chi connectivity index (χ0n) is 16.6. The fourth-order valence-corrected chi connectivity index (χ4v) is 4.84. The summed E-state index contributed by atoms with van der Waals surface area (Å²) in [6.07, 6.45) is 3.28. The van der Waals surface area contributed by atoms with Crippen LogP contribution in [0.4, 0.5) is 0 Å². The van der Waals surface area contributed by atoms with E-state index in [-0.39, 0.29) is 16.4 Å². The van der Waals surface area contributed by atoms with Crippen molar-refractivity contribution in [3.05, 3.63) is 41.5 Å². The molecule has 0 saturated heterocycles. The van der Waals surface area contributed by atoms with Crippen molar-refractivity contribution in [1.29, 1.82) is 0 Å². The van der Waals surface area contributed by atoms with E-state index in [0.717, 1.165) is 25.8 Å². The van der Waals surface area contributed by atoms with Gasteiger partial charge in [-0.3, -0.25) is 4.79 Å². The molecule has 0 spiro atoms. The maximum absolute atomic E-state index is 13.1. The van der Waals surface area contributed by atoms with E-state index >= 15 is 0 Å². The van der Waals surface area contributed by atoms with Gasteiger partial charge in [0.25, 0.3) is 5.91 Å². The number of nitrogens with zero attached hydrogens (tertiary/aromatic N) is 4. The van der Waals surface area contributed by atoms with Crippen molar-refractivity contribution >= 4 is 15.9 Å². The molecule has 1 atom stereocenters. The number of fused-ring (bicyclic) bond motifs is 1. The summed E-state index contributed by atoms with van der Waals surface area (Å²) in [5.74, 6) is 0.947. The number of sulfonamides is 1. The van der Waals surface area contributed by atoms with Crippen LogP contribution in [0.15, 0.2) is 29.2 Å². The van der Waals surface area contributed by atoms with Crippen LogP contribution < -0.4 is 4.72 Å². The number of unbranched alkanes of at least 4 members (excludes halogenated alkanes) is 1. The first kappa shape index (κ1) is 20.5. The summed E-state index contributed by atoms with van der Waals surface area (Å²) in [7, 11) is -2.21. The van der Waals surface area contributed by atoms with Crippen LogP contribution in [0.25, 0.3) is 0 Å². The molecule has 0 aliphatic carbocycles. The van der Waals surface area contributed by atoms with Crippen LogP contribution in [-0.4, -0.2) is 47.6 Å². The van der Waals surface area contributed by atoms with E-state index in [1.807, 2.05) is 6.92 Å². The molecule has 0 fully saturated rings. The monoisotopic (exact) mass is 405 g/mol. The van der Waals surface area contributed by atoms with E-state index < -0.39 is 16.1 Å². The lowest BCUT2D eigenvalue weighted by Gasteiger charge is -2.24. The highest BCUT2D eigenvalue weighted by Gasteiger charge is 2.31. The summed E-state index contributed by atoms with van der Waals surface area (Å²) in [5, 5.41) is 4.31. The maximum atomic E-state index is 13.1. The average molecular weight is 406 g/mol. The van der Waals surface area contributed by atoms with Crippen molar-refractivity contribution in [2.75, 3.05) is 13.6 Å². The van der Waals surface area contributed by atoms with Crippen molar-refractivity contribution < 1.29 is 13.2 Å². The zero-order valence-corrected chi connectivity index (χ0v) is 17.4. The minimum Gasteiger partial charge on any atom is -0.342 e. The molecule has 2 aromatic rings. The summed E-state index contributed by atoms with van der Waals surface area (Å²) >= 11 is 0. The number of carbonyl (C=O) groups is 1. The molecular weight excluding hydrogens is 378 g/mol. The van der Waals surface area contributed by atoms with E-state index in [0.29, 0.717) is 24.6 Å². The molecule has 28 heavy (non-hydrogen) atoms. The summed E-state index contributed by atoms with van der Waals surface area (Å²) < 4.78 is 30.8. The van der Waals surface area contributed by atoms with Crippen molar-refractivity contribution in [3.63, 3.8) is 0 Å². The smallest absolute Gasteiger partial charge is 0.254 e. The van der Waals surface area contributed by atoms with Gasteiger partial charge in [0.05, 0.1) is 16.5 Å². The fourth-order valence-electron chi connectivity index (χ4n) is 3.41. The van der Waals surface area contributed by atoms with Crippen LogP contribution in [-0.2, 0) is 16.6 Å². The van der Waals surface area contributed by atoms with E-state index in [1.165, 1.54) is 6.07 Å². The van der Waals surface area contributed by atoms with Gasteiger partial charge in [-0.2, -0.15) is 5.10 Å². The third-order valence-electron chi connectivity index (χ3n) is 4.88. The summed E-state index contributed by atoms with van der Waals surface area (Å²) in [6.45, 7) is 5.15. The topological polar surface area (TPSA) is 97.2 Å². The van der Waals surface area contributed by atoms with Gasteiger partial charge in [0, 0.05) is 20.1 Å². The van der Waals surface area contributed by atoms with Crippen molar-refractivity contribution in [1.82, 2.24) is 24.4 Å². The summed E-state index contributed by atoms with van der Waals surface area (Å²) in [5.41, 5.74) is 0.182. The minimum atomic E-state index is -3.90. The Kier molecular flexibility index (Phi) is 6.14. The molecule has 8 nitrogen and oxygen atoms in total. The van der Waals surface area contributed by atoms with Crippen LogP contribution in [0, 0.1) is 6.92 Å². The van der Waals surface area contributed by atoms with Crippen LogP contribution in [0.1, 0.15) is 60.7 Å². The number of hydrogen-bond donors (Lipinski definition) is 1. The second-order valence-corrected chi connectivity index (χ2v) is 8.82. The lowest BCUT2D eigenvalue weighted by molar-refractivity contribution is 0.0789. The molecule has 1 aromatic heterocycles. The number of aryl methyl sites for hydroxylation is 2. The van der Waals surface area contributed by atoms with Crippen LogP contribution in [0.3, 0.4) is 0 Å². The minimum absolute atomic E-state index is 0.00305. The highest BCUT2D eigenvalue weighted by atomic mass is 32.2. The van der Waals surface area contributed by atoms with Gasteiger partial charge in [0.2, 0.25) is 10.0 Å². The molecule has 0 bridgehead atoms. The zero-order chi connectivity index (χ0) is 20.3. The predicted molar refractivity (Wildman–Crippen MR) is 105 cm³/mol.